The normalized spacial score (nSPS) is 13.1. The van der Waals surface area contributed by atoms with E-state index < -0.39 is 0 Å². The van der Waals surface area contributed by atoms with Gasteiger partial charge in [-0.2, -0.15) is 5.10 Å². The first-order valence-electron chi connectivity index (χ1n) is 13.0. The van der Waals surface area contributed by atoms with Crippen LogP contribution < -0.4 is 0 Å². The van der Waals surface area contributed by atoms with Crippen LogP contribution in [0.5, 0.6) is 0 Å². The van der Waals surface area contributed by atoms with Gasteiger partial charge in [0.15, 0.2) is 0 Å². The standard InChI is InChI=1S/C33H39N3/c1-31(2,3)23-12-13-25-22(19-23)18-21-10-11-24(32(4,5)6)20-26(21)30(25)29-15-14-27(34-29)28-16-17-36(35-28)33(7,8)9/h10-20,34H,1-9H3. The van der Waals surface area contributed by atoms with Crippen molar-refractivity contribution in [2.24, 2.45) is 0 Å². The van der Waals surface area contributed by atoms with E-state index in [0.717, 1.165) is 17.1 Å². The average molecular weight is 478 g/mol. The number of rotatable bonds is 2. The third-order valence-electron chi connectivity index (χ3n) is 7.19. The molecule has 0 bridgehead atoms. The molecule has 0 spiro atoms. The molecule has 1 N–H and O–H groups in total. The first kappa shape index (κ1) is 24.4. The number of hydrogen-bond acceptors (Lipinski definition) is 1. The molecule has 2 aromatic heterocycles. The van der Waals surface area contributed by atoms with E-state index in [1.54, 1.807) is 0 Å². The van der Waals surface area contributed by atoms with Gasteiger partial charge in [-0.1, -0.05) is 71.9 Å². The molecule has 3 aromatic carbocycles. The van der Waals surface area contributed by atoms with E-state index in [-0.39, 0.29) is 16.4 Å². The lowest BCUT2D eigenvalue weighted by Gasteiger charge is -2.22. The molecule has 0 amide bonds. The zero-order valence-corrected chi connectivity index (χ0v) is 23.2. The topological polar surface area (TPSA) is 33.6 Å². The molecular weight excluding hydrogens is 438 g/mol. The van der Waals surface area contributed by atoms with Crippen LogP contribution in [-0.4, -0.2) is 14.8 Å². The molecule has 0 saturated heterocycles. The van der Waals surface area contributed by atoms with Crippen LogP contribution in [0.4, 0.5) is 0 Å². The maximum Gasteiger partial charge on any atom is 0.109 e. The van der Waals surface area contributed by atoms with E-state index in [2.05, 4.69) is 134 Å². The number of benzene rings is 3. The van der Waals surface area contributed by atoms with Gasteiger partial charge in [0.2, 0.25) is 0 Å². The molecular formula is C33H39N3. The first-order chi connectivity index (χ1) is 16.7. The smallest absolute Gasteiger partial charge is 0.109 e. The minimum atomic E-state index is -0.0480. The molecule has 186 valence electrons. The highest BCUT2D eigenvalue weighted by Crippen LogP contribution is 2.40. The summed E-state index contributed by atoms with van der Waals surface area (Å²) in [5.74, 6) is 0. The monoisotopic (exact) mass is 477 g/mol. The minimum absolute atomic E-state index is 0.0480. The van der Waals surface area contributed by atoms with Gasteiger partial charge in [0, 0.05) is 17.5 Å². The summed E-state index contributed by atoms with van der Waals surface area (Å²) in [6.07, 6.45) is 2.06. The Hall–Kier alpha value is -3.33. The quantitative estimate of drug-likeness (QED) is 0.253. The molecule has 5 aromatic rings. The minimum Gasteiger partial charge on any atom is -0.353 e. The summed E-state index contributed by atoms with van der Waals surface area (Å²) in [7, 11) is 0. The van der Waals surface area contributed by atoms with Gasteiger partial charge in [-0.3, -0.25) is 4.68 Å². The molecule has 2 heterocycles. The van der Waals surface area contributed by atoms with Crippen molar-refractivity contribution in [1.82, 2.24) is 14.8 Å². The van der Waals surface area contributed by atoms with Crippen molar-refractivity contribution in [3.63, 3.8) is 0 Å². The second-order valence-corrected chi connectivity index (χ2v) is 13.2. The average Bonchev–Trinajstić information content (AvgIpc) is 3.45. The van der Waals surface area contributed by atoms with Crippen LogP contribution >= 0.6 is 0 Å². The summed E-state index contributed by atoms with van der Waals surface area (Å²) in [6.45, 7) is 20.2. The fourth-order valence-corrected chi connectivity index (χ4v) is 4.88. The van der Waals surface area contributed by atoms with Gasteiger partial charge in [0.25, 0.3) is 0 Å². The molecule has 0 atom stereocenters. The highest BCUT2D eigenvalue weighted by molar-refractivity contribution is 6.12. The highest BCUT2D eigenvalue weighted by atomic mass is 15.3. The number of aromatic amines is 1. The van der Waals surface area contributed by atoms with Gasteiger partial charge in [0.1, 0.15) is 5.69 Å². The Balaban J connectivity index is 1.76. The third-order valence-corrected chi connectivity index (χ3v) is 7.19. The fourth-order valence-electron chi connectivity index (χ4n) is 4.88. The molecule has 3 nitrogen and oxygen atoms in total. The summed E-state index contributed by atoms with van der Waals surface area (Å²) >= 11 is 0. The second-order valence-electron chi connectivity index (χ2n) is 13.2. The summed E-state index contributed by atoms with van der Waals surface area (Å²) in [4.78, 5) is 3.72. The molecule has 0 saturated carbocycles. The molecule has 0 aliphatic carbocycles. The molecule has 5 rings (SSSR count). The second kappa shape index (κ2) is 8.09. The zero-order valence-electron chi connectivity index (χ0n) is 23.2. The van der Waals surface area contributed by atoms with Crippen LogP contribution in [0.3, 0.4) is 0 Å². The van der Waals surface area contributed by atoms with Crippen LogP contribution in [0, 0.1) is 0 Å². The van der Waals surface area contributed by atoms with Crippen LogP contribution in [-0.2, 0) is 16.4 Å². The number of H-pyrrole nitrogens is 1. The summed E-state index contributed by atoms with van der Waals surface area (Å²) < 4.78 is 2.03. The number of nitrogens with zero attached hydrogens (tertiary/aromatic N) is 2. The van der Waals surface area contributed by atoms with Crippen molar-refractivity contribution in [1.29, 1.82) is 0 Å². The fraction of sp³-hybridized carbons (Fsp3) is 0.364. The van der Waals surface area contributed by atoms with Crippen molar-refractivity contribution >= 4 is 21.5 Å². The SMILES string of the molecule is CC(C)(C)c1ccc2c(-c3ccc(-c4ccn(C(C)(C)C)n4)[nH]3)c3cc(C(C)(C)C)ccc3cc2c1. The largest absolute Gasteiger partial charge is 0.353 e. The van der Waals surface area contributed by atoms with E-state index >= 15 is 0 Å². The van der Waals surface area contributed by atoms with Gasteiger partial charge in [-0.05, 0) is 94.6 Å². The number of fused-ring (bicyclic) bond motifs is 2. The molecule has 36 heavy (non-hydrogen) atoms. The van der Waals surface area contributed by atoms with Crippen LogP contribution in [0.2, 0.25) is 0 Å². The van der Waals surface area contributed by atoms with Crippen LogP contribution in [0.15, 0.2) is 66.9 Å². The molecule has 3 heteroatoms. The number of nitrogens with one attached hydrogen (secondary N) is 1. The van der Waals surface area contributed by atoms with Gasteiger partial charge in [-0.25, -0.2) is 0 Å². The van der Waals surface area contributed by atoms with E-state index in [4.69, 9.17) is 5.10 Å². The lowest BCUT2D eigenvalue weighted by atomic mass is 9.82. The first-order valence-corrected chi connectivity index (χ1v) is 13.0. The maximum atomic E-state index is 4.85. The van der Waals surface area contributed by atoms with E-state index in [9.17, 15) is 0 Å². The van der Waals surface area contributed by atoms with E-state index in [1.807, 2.05) is 4.68 Å². The van der Waals surface area contributed by atoms with Gasteiger partial charge < -0.3 is 4.98 Å². The molecule has 0 aliphatic rings. The number of hydrogen-bond donors (Lipinski definition) is 1. The van der Waals surface area contributed by atoms with Crippen molar-refractivity contribution < 1.29 is 0 Å². The summed E-state index contributed by atoms with van der Waals surface area (Å²) in [5.41, 5.74) is 7.22. The van der Waals surface area contributed by atoms with Gasteiger partial charge >= 0.3 is 0 Å². The maximum absolute atomic E-state index is 4.85. The molecule has 0 unspecified atom stereocenters. The Morgan fingerprint density at radius 1 is 0.611 bits per heavy atom. The zero-order chi connectivity index (χ0) is 26.0. The van der Waals surface area contributed by atoms with Crippen LogP contribution in [0.1, 0.15) is 73.4 Å². The van der Waals surface area contributed by atoms with Crippen LogP contribution in [0.25, 0.3) is 44.2 Å². The van der Waals surface area contributed by atoms with Crippen molar-refractivity contribution in [2.75, 3.05) is 0 Å². The Morgan fingerprint density at radius 2 is 1.25 bits per heavy atom. The third kappa shape index (κ3) is 4.36. The predicted octanol–water partition coefficient (Wildman–Crippen LogP) is 9.20. The van der Waals surface area contributed by atoms with Crippen molar-refractivity contribution in [3.8, 4) is 22.6 Å². The van der Waals surface area contributed by atoms with Crippen molar-refractivity contribution in [2.45, 2.75) is 78.7 Å². The van der Waals surface area contributed by atoms with E-state index in [0.29, 0.717) is 0 Å². The predicted molar refractivity (Wildman–Crippen MR) is 155 cm³/mol. The molecule has 0 radical (unpaired) electrons. The summed E-state index contributed by atoms with van der Waals surface area (Å²) in [6, 6.07) is 22.7. The van der Waals surface area contributed by atoms with Crippen molar-refractivity contribution in [3.05, 3.63) is 78.0 Å². The van der Waals surface area contributed by atoms with Gasteiger partial charge in [0.05, 0.1) is 11.2 Å². The lowest BCUT2D eigenvalue weighted by Crippen LogP contribution is -2.22. The lowest BCUT2D eigenvalue weighted by molar-refractivity contribution is 0.356. The Morgan fingerprint density at radius 3 is 1.89 bits per heavy atom. The Bertz CT molecular complexity index is 1570. The van der Waals surface area contributed by atoms with E-state index in [1.165, 1.54) is 38.2 Å². The molecule has 0 aliphatic heterocycles. The Labute approximate surface area is 215 Å². The highest BCUT2D eigenvalue weighted by Gasteiger charge is 2.20. The summed E-state index contributed by atoms with van der Waals surface area (Å²) in [5, 5.41) is 9.96. The number of aromatic nitrogens is 3. The molecule has 0 fully saturated rings. The van der Waals surface area contributed by atoms with Gasteiger partial charge in [-0.15, -0.1) is 0 Å². The Kier molecular flexibility index (Phi) is 5.48.